The first kappa shape index (κ1) is 39.8. The summed E-state index contributed by atoms with van der Waals surface area (Å²) in [6.45, 7) is 3.06. The van der Waals surface area contributed by atoms with Crippen LogP contribution < -0.4 is 20.3 Å². The molecule has 2 aromatic carbocycles. The van der Waals surface area contributed by atoms with Crippen molar-refractivity contribution in [2.24, 2.45) is 0 Å². The van der Waals surface area contributed by atoms with Crippen LogP contribution >= 0.6 is 0 Å². The van der Waals surface area contributed by atoms with E-state index in [-0.39, 0.29) is 60.0 Å². The zero-order valence-electron chi connectivity index (χ0n) is 30.8. The number of aromatic nitrogens is 6. The molecule has 0 atom stereocenters. The molecular formula is C37H34F6N10O5. The van der Waals surface area contributed by atoms with E-state index >= 15 is 4.39 Å². The summed E-state index contributed by atoms with van der Waals surface area (Å²) >= 11 is 0. The Bertz CT molecular complexity index is 2320. The Labute approximate surface area is 325 Å². The Morgan fingerprint density at radius 3 is 2.34 bits per heavy atom. The van der Waals surface area contributed by atoms with E-state index in [2.05, 4.69) is 40.5 Å². The van der Waals surface area contributed by atoms with Crippen LogP contribution in [0.2, 0.25) is 0 Å². The molecule has 58 heavy (non-hydrogen) atoms. The summed E-state index contributed by atoms with van der Waals surface area (Å²) in [7, 11) is 0. The molecule has 3 N–H and O–H groups in total. The highest BCUT2D eigenvalue weighted by Crippen LogP contribution is 2.38. The summed E-state index contributed by atoms with van der Waals surface area (Å²) in [6.07, 6.45) is -1.13. The number of aromatic amines is 1. The lowest BCUT2D eigenvalue weighted by atomic mass is 9.92. The minimum Gasteiger partial charge on any atom is -0.490 e. The topological polar surface area (TPSA) is 184 Å². The molecule has 2 saturated heterocycles. The number of halogens is 6. The van der Waals surface area contributed by atoms with E-state index in [1.54, 1.807) is 12.1 Å². The lowest BCUT2D eigenvalue weighted by Gasteiger charge is -2.32. The van der Waals surface area contributed by atoms with E-state index < -0.39 is 58.4 Å². The van der Waals surface area contributed by atoms with Gasteiger partial charge in [-0.1, -0.05) is 17.3 Å². The molecule has 0 unspecified atom stereocenters. The lowest BCUT2D eigenvalue weighted by molar-refractivity contribution is -0.182. The van der Waals surface area contributed by atoms with E-state index in [1.807, 2.05) is 5.32 Å². The molecule has 0 bridgehead atoms. The maximum absolute atomic E-state index is 15.3. The zero-order chi connectivity index (χ0) is 41.4. The number of ether oxygens (including phenoxy) is 1. The highest BCUT2D eigenvalue weighted by molar-refractivity contribution is 6.05. The normalized spacial score (nSPS) is 15.8. The van der Waals surface area contributed by atoms with Gasteiger partial charge < -0.3 is 14.6 Å². The number of nitrogens with zero attached hydrogens (tertiary/aromatic N) is 7. The molecule has 4 amide bonds. The third kappa shape index (κ3) is 8.48. The van der Waals surface area contributed by atoms with Crippen molar-refractivity contribution in [2.75, 3.05) is 24.5 Å². The average Bonchev–Trinajstić information content (AvgIpc) is 3.87. The Morgan fingerprint density at radius 2 is 1.69 bits per heavy atom. The van der Waals surface area contributed by atoms with Crippen LogP contribution in [0.5, 0.6) is 5.75 Å². The molecule has 0 aliphatic carbocycles. The Kier molecular flexibility index (Phi) is 10.9. The Morgan fingerprint density at radius 1 is 0.983 bits per heavy atom. The molecule has 5 heterocycles. The number of alkyl halides is 3. The fourth-order valence-electron chi connectivity index (χ4n) is 6.29. The second kappa shape index (κ2) is 15.9. The van der Waals surface area contributed by atoms with E-state index in [0.717, 1.165) is 30.9 Å². The monoisotopic (exact) mass is 812 g/mol. The number of piperidine rings is 1. The van der Waals surface area contributed by atoms with E-state index in [1.165, 1.54) is 24.5 Å². The number of amides is 4. The SMILES string of the molecule is CC(C)(c1n[nH]c(CNC(=O)c2cc(-c3ncc(-c4ccc(CN5CCC(Oc6cc(F)c(N7CCC(=O)NC7=O)c(F)c6)CC5)cc4F)cn3)no2)n1)C(F)(F)F. The Balaban J connectivity index is 0.895. The van der Waals surface area contributed by atoms with Crippen molar-refractivity contribution in [1.29, 1.82) is 0 Å². The van der Waals surface area contributed by atoms with Crippen LogP contribution in [-0.2, 0) is 23.3 Å². The lowest BCUT2D eigenvalue weighted by Crippen LogP contribution is -2.50. The van der Waals surface area contributed by atoms with Gasteiger partial charge in [0.1, 0.15) is 34.6 Å². The maximum Gasteiger partial charge on any atom is 0.401 e. The summed E-state index contributed by atoms with van der Waals surface area (Å²) < 4.78 is 96.0. The molecule has 2 aliphatic rings. The minimum absolute atomic E-state index is 0.00106. The molecule has 0 radical (unpaired) electrons. The molecule has 15 nitrogen and oxygen atoms in total. The molecule has 2 fully saturated rings. The number of benzene rings is 2. The summed E-state index contributed by atoms with van der Waals surface area (Å²) in [5, 5.41) is 14.3. The van der Waals surface area contributed by atoms with Crippen LogP contribution in [-0.4, -0.2) is 85.0 Å². The highest BCUT2D eigenvalue weighted by atomic mass is 19.4. The number of hydrogen-bond acceptors (Lipinski definition) is 11. The predicted octanol–water partition coefficient (Wildman–Crippen LogP) is 5.59. The third-order valence-electron chi connectivity index (χ3n) is 9.73. The zero-order valence-corrected chi connectivity index (χ0v) is 30.8. The molecule has 2 aliphatic heterocycles. The van der Waals surface area contributed by atoms with Crippen LogP contribution in [0.3, 0.4) is 0 Å². The van der Waals surface area contributed by atoms with Crippen LogP contribution in [0, 0.1) is 17.5 Å². The maximum atomic E-state index is 15.3. The van der Waals surface area contributed by atoms with E-state index in [4.69, 9.17) is 9.26 Å². The van der Waals surface area contributed by atoms with Gasteiger partial charge in [-0.25, -0.2) is 32.9 Å². The summed E-state index contributed by atoms with van der Waals surface area (Å²) in [5.74, 6) is -4.37. The number of rotatable bonds is 11. The summed E-state index contributed by atoms with van der Waals surface area (Å²) in [4.78, 5) is 51.3. The number of urea groups is 1. The number of carbonyl (C=O) groups excluding carboxylic acids is 3. The predicted molar refractivity (Wildman–Crippen MR) is 190 cm³/mol. The largest absolute Gasteiger partial charge is 0.490 e. The smallest absolute Gasteiger partial charge is 0.401 e. The number of imide groups is 1. The summed E-state index contributed by atoms with van der Waals surface area (Å²) in [5.41, 5.74) is -1.41. The van der Waals surface area contributed by atoms with Crippen LogP contribution in [0.1, 0.15) is 60.9 Å². The summed E-state index contributed by atoms with van der Waals surface area (Å²) in [6, 6.07) is 7.20. The van der Waals surface area contributed by atoms with Crippen molar-refractivity contribution in [3.63, 3.8) is 0 Å². The molecule has 5 aromatic rings. The molecular weight excluding hydrogens is 778 g/mol. The van der Waals surface area contributed by atoms with Crippen LogP contribution in [0.15, 0.2) is 53.3 Å². The van der Waals surface area contributed by atoms with Gasteiger partial charge in [0.05, 0.1) is 6.54 Å². The van der Waals surface area contributed by atoms with Gasteiger partial charge in [0.2, 0.25) is 11.7 Å². The minimum atomic E-state index is -4.58. The van der Waals surface area contributed by atoms with Crippen molar-refractivity contribution in [3.8, 4) is 28.4 Å². The van der Waals surface area contributed by atoms with Gasteiger partial charge in [-0.3, -0.25) is 29.8 Å². The second-order valence-electron chi connectivity index (χ2n) is 14.2. The second-order valence-corrected chi connectivity index (χ2v) is 14.2. The van der Waals surface area contributed by atoms with Crippen molar-refractivity contribution in [1.82, 2.24) is 45.8 Å². The van der Waals surface area contributed by atoms with Crippen LogP contribution in [0.4, 0.5) is 36.8 Å². The van der Waals surface area contributed by atoms with Crippen molar-refractivity contribution >= 4 is 23.5 Å². The number of anilines is 1. The van der Waals surface area contributed by atoms with Gasteiger partial charge in [0.15, 0.2) is 29.0 Å². The van der Waals surface area contributed by atoms with Crippen molar-refractivity contribution in [3.05, 3.63) is 89.2 Å². The molecule has 0 saturated carbocycles. The Hall–Kier alpha value is -6.38. The van der Waals surface area contributed by atoms with Gasteiger partial charge in [-0.15, -0.1) is 0 Å². The number of H-pyrrole nitrogens is 1. The van der Waals surface area contributed by atoms with Gasteiger partial charge in [0, 0.05) is 74.3 Å². The standard InChI is InChI=1S/C37H34F6N10O5/c1-36(2,37(41,42)43)34-47-29(49-50-34)17-46-33(55)28-14-27(51-58-28)32-44-15-20(16-45-32)23-4-3-19(11-24(23)38)18-52-8-5-21(6-9-52)57-22-12-25(39)31(26(40)13-22)53-10-7-30(54)48-35(53)56/h3-4,11-16,21H,5-10,17-18H2,1-2H3,(H,46,55)(H,47,49,50)(H,48,54,56). The van der Waals surface area contributed by atoms with E-state index in [9.17, 15) is 36.3 Å². The quantitative estimate of drug-likeness (QED) is 0.141. The highest BCUT2D eigenvalue weighted by Gasteiger charge is 2.51. The fourth-order valence-corrected chi connectivity index (χ4v) is 6.29. The number of carbonyl (C=O) groups is 3. The first-order valence-corrected chi connectivity index (χ1v) is 17.9. The molecule has 21 heteroatoms. The van der Waals surface area contributed by atoms with Gasteiger partial charge in [0.25, 0.3) is 5.91 Å². The van der Waals surface area contributed by atoms with Gasteiger partial charge in [-0.05, 0) is 38.3 Å². The van der Waals surface area contributed by atoms with Gasteiger partial charge >= 0.3 is 12.2 Å². The van der Waals surface area contributed by atoms with E-state index in [0.29, 0.717) is 43.6 Å². The first-order chi connectivity index (χ1) is 27.5. The average molecular weight is 813 g/mol. The first-order valence-electron chi connectivity index (χ1n) is 17.9. The number of hydrogen-bond donors (Lipinski definition) is 3. The molecule has 7 rings (SSSR count). The molecule has 3 aromatic heterocycles. The third-order valence-corrected chi connectivity index (χ3v) is 9.73. The van der Waals surface area contributed by atoms with Crippen molar-refractivity contribution < 1.29 is 50.0 Å². The molecule has 0 spiro atoms. The number of likely N-dealkylation sites (tertiary alicyclic amines) is 1. The fraction of sp³-hybridized carbons (Fsp3) is 0.351. The van der Waals surface area contributed by atoms with Crippen LogP contribution in [0.25, 0.3) is 22.6 Å². The van der Waals surface area contributed by atoms with Gasteiger partial charge in [-0.2, -0.15) is 18.3 Å². The molecule has 304 valence electrons. The number of nitrogens with one attached hydrogen (secondary N) is 3. The van der Waals surface area contributed by atoms with Crippen molar-refractivity contribution in [2.45, 2.75) is 63.9 Å².